The SMILES string of the molecule is CCNC(=NCc1ncc(C)s1)NCCc1c[nH]c2ccc(F)cc12. The van der Waals surface area contributed by atoms with Crippen LogP contribution in [0.4, 0.5) is 4.39 Å². The molecular formula is C18H22FN5S. The Morgan fingerprint density at radius 2 is 2.24 bits per heavy atom. The molecule has 7 heteroatoms. The van der Waals surface area contributed by atoms with Crippen LogP contribution in [0.2, 0.25) is 0 Å². The highest BCUT2D eigenvalue weighted by Crippen LogP contribution is 2.19. The first-order valence-corrected chi connectivity index (χ1v) is 9.16. The molecule has 5 nitrogen and oxygen atoms in total. The van der Waals surface area contributed by atoms with Gasteiger partial charge >= 0.3 is 0 Å². The largest absolute Gasteiger partial charge is 0.361 e. The summed E-state index contributed by atoms with van der Waals surface area (Å²) >= 11 is 1.66. The number of aromatic amines is 1. The second-order valence-electron chi connectivity index (χ2n) is 5.74. The number of aliphatic imine (C=N–C) groups is 1. The van der Waals surface area contributed by atoms with E-state index in [1.54, 1.807) is 23.5 Å². The maximum absolute atomic E-state index is 13.4. The van der Waals surface area contributed by atoms with Crippen molar-refractivity contribution < 1.29 is 4.39 Å². The van der Waals surface area contributed by atoms with Crippen LogP contribution in [0.15, 0.2) is 35.6 Å². The molecule has 0 radical (unpaired) electrons. The minimum atomic E-state index is -0.213. The molecule has 0 fully saturated rings. The number of hydrogen-bond donors (Lipinski definition) is 3. The van der Waals surface area contributed by atoms with Gasteiger partial charge in [0.05, 0.1) is 6.54 Å². The number of aromatic nitrogens is 2. The molecule has 0 aliphatic heterocycles. The summed E-state index contributed by atoms with van der Waals surface area (Å²) in [6.45, 7) is 6.14. The lowest BCUT2D eigenvalue weighted by Crippen LogP contribution is -2.38. The molecule has 0 spiro atoms. The standard InChI is InChI=1S/C18H22FN5S/c1-3-20-18(24-11-17-23-9-12(2)25-17)21-7-6-13-10-22-16-5-4-14(19)8-15(13)16/h4-5,8-10,22H,3,6-7,11H2,1-2H3,(H2,20,21,24). The van der Waals surface area contributed by atoms with Gasteiger partial charge in [-0.3, -0.25) is 0 Å². The van der Waals surface area contributed by atoms with E-state index in [0.717, 1.165) is 40.4 Å². The number of thiazole rings is 1. The van der Waals surface area contributed by atoms with Crippen LogP contribution in [-0.2, 0) is 13.0 Å². The first kappa shape index (κ1) is 17.4. The highest BCUT2D eigenvalue weighted by atomic mass is 32.1. The Kier molecular flexibility index (Phi) is 5.65. The number of H-pyrrole nitrogens is 1. The molecule has 0 saturated carbocycles. The topological polar surface area (TPSA) is 65.1 Å². The fraction of sp³-hybridized carbons (Fsp3) is 0.333. The van der Waals surface area contributed by atoms with Gasteiger partial charge in [-0.15, -0.1) is 11.3 Å². The first-order chi connectivity index (χ1) is 12.2. The predicted molar refractivity (Wildman–Crippen MR) is 102 cm³/mol. The van der Waals surface area contributed by atoms with Crippen LogP contribution in [0.3, 0.4) is 0 Å². The monoisotopic (exact) mass is 359 g/mol. The number of halogens is 1. The van der Waals surface area contributed by atoms with Crippen molar-refractivity contribution in [3.8, 4) is 0 Å². The van der Waals surface area contributed by atoms with Crippen LogP contribution in [0, 0.1) is 12.7 Å². The number of hydrogen-bond acceptors (Lipinski definition) is 3. The van der Waals surface area contributed by atoms with E-state index in [4.69, 9.17) is 0 Å². The Balaban J connectivity index is 1.60. The summed E-state index contributed by atoms with van der Waals surface area (Å²) in [5, 5.41) is 8.49. The lowest BCUT2D eigenvalue weighted by atomic mass is 10.1. The molecule has 0 saturated heterocycles. The van der Waals surface area contributed by atoms with Crippen molar-refractivity contribution in [3.05, 3.63) is 51.9 Å². The van der Waals surface area contributed by atoms with E-state index >= 15 is 0 Å². The van der Waals surface area contributed by atoms with Crippen molar-refractivity contribution in [2.24, 2.45) is 4.99 Å². The zero-order valence-corrected chi connectivity index (χ0v) is 15.2. The lowest BCUT2D eigenvalue weighted by Gasteiger charge is -2.10. The van der Waals surface area contributed by atoms with Crippen LogP contribution >= 0.6 is 11.3 Å². The molecule has 0 aliphatic rings. The average Bonchev–Trinajstić information content (AvgIpc) is 3.19. The van der Waals surface area contributed by atoms with Gasteiger partial charge in [-0.2, -0.15) is 0 Å². The molecule has 0 unspecified atom stereocenters. The average molecular weight is 359 g/mol. The molecule has 3 aromatic rings. The van der Waals surface area contributed by atoms with E-state index in [2.05, 4.69) is 25.6 Å². The molecule has 0 bridgehead atoms. The molecular weight excluding hydrogens is 337 g/mol. The van der Waals surface area contributed by atoms with Gasteiger partial charge in [0.15, 0.2) is 5.96 Å². The fourth-order valence-electron chi connectivity index (χ4n) is 2.64. The molecule has 2 heterocycles. The van der Waals surface area contributed by atoms with Crippen molar-refractivity contribution in [1.29, 1.82) is 0 Å². The number of fused-ring (bicyclic) bond motifs is 1. The Hall–Kier alpha value is -2.41. The van der Waals surface area contributed by atoms with Crippen molar-refractivity contribution in [1.82, 2.24) is 20.6 Å². The van der Waals surface area contributed by atoms with Crippen LogP contribution in [0.25, 0.3) is 10.9 Å². The quantitative estimate of drug-likeness (QED) is 0.467. The Morgan fingerprint density at radius 3 is 3.00 bits per heavy atom. The van der Waals surface area contributed by atoms with E-state index in [9.17, 15) is 4.39 Å². The molecule has 0 amide bonds. The van der Waals surface area contributed by atoms with Crippen molar-refractivity contribution >= 4 is 28.2 Å². The van der Waals surface area contributed by atoms with E-state index in [1.807, 2.05) is 26.2 Å². The summed E-state index contributed by atoms with van der Waals surface area (Å²) in [5.41, 5.74) is 2.05. The minimum Gasteiger partial charge on any atom is -0.361 e. The van der Waals surface area contributed by atoms with Crippen molar-refractivity contribution in [2.45, 2.75) is 26.8 Å². The number of nitrogens with one attached hydrogen (secondary N) is 3. The van der Waals surface area contributed by atoms with Gasteiger partial charge < -0.3 is 15.6 Å². The maximum Gasteiger partial charge on any atom is 0.191 e. The molecule has 132 valence electrons. The van der Waals surface area contributed by atoms with E-state index in [0.29, 0.717) is 13.1 Å². The van der Waals surface area contributed by atoms with Crippen LogP contribution in [-0.4, -0.2) is 29.0 Å². The summed E-state index contributed by atoms with van der Waals surface area (Å²) < 4.78 is 13.4. The summed E-state index contributed by atoms with van der Waals surface area (Å²) in [5.74, 6) is 0.552. The normalized spacial score (nSPS) is 11.9. The molecule has 0 aliphatic carbocycles. The smallest absolute Gasteiger partial charge is 0.191 e. The van der Waals surface area contributed by atoms with Crippen LogP contribution < -0.4 is 10.6 Å². The molecule has 0 atom stereocenters. The van der Waals surface area contributed by atoms with Crippen LogP contribution in [0.5, 0.6) is 0 Å². The van der Waals surface area contributed by atoms with E-state index in [-0.39, 0.29) is 5.82 Å². The Morgan fingerprint density at radius 1 is 1.36 bits per heavy atom. The second-order valence-corrected chi connectivity index (χ2v) is 7.06. The minimum absolute atomic E-state index is 0.213. The number of nitrogens with zero attached hydrogens (tertiary/aromatic N) is 2. The van der Waals surface area contributed by atoms with E-state index in [1.165, 1.54) is 10.9 Å². The van der Waals surface area contributed by atoms with Crippen molar-refractivity contribution in [3.63, 3.8) is 0 Å². The third kappa shape index (κ3) is 4.57. The van der Waals surface area contributed by atoms with Gasteiger partial charge in [0, 0.05) is 41.3 Å². The maximum atomic E-state index is 13.4. The molecule has 3 N–H and O–H groups in total. The summed E-state index contributed by atoms with van der Waals surface area (Å²) in [4.78, 5) is 13.3. The third-order valence-electron chi connectivity index (χ3n) is 3.80. The number of aryl methyl sites for hydroxylation is 1. The van der Waals surface area contributed by atoms with Gasteiger partial charge in [-0.05, 0) is 44.0 Å². The van der Waals surface area contributed by atoms with Crippen molar-refractivity contribution in [2.75, 3.05) is 13.1 Å². The Labute approximate surface area is 150 Å². The molecule has 1 aromatic carbocycles. The number of rotatable bonds is 6. The van der Waals surface area contributed by atoms with Gasteiger partial charge in [-0.1, -0.05) is 0 Å². The highest BCUT2D eigenvalue weighted by Gasteiger charge is 2.06. The Bertz CT molecular complexity index is 867. The molecule has 25 heavy (non-hydrogen) atoms. The van der Waals surface area contributed by atoms with E-state index < -0.39 is 0 Å². The summed E-state index contributed by atoms with van der Waals surface area (Å²) in [6, 6.07) is 4.81. The fourth-order valence-corrected chi connectivity index (χ4v) is 3.35. The third-order valence-corrected chi connectivity index (χ3v) is 4.70. The van der Waals surface area contributed by atoms with Gasteiger partial charge in [0.25, 0.3) is 0 Å². The number of guanidine groups is 1. The zero-order chi connectivity index (χ0) is 17.6. The number of benzene rings is 1. The highest BCUT2D eigenvalue weighted by molar-refractivity contribution is 7.11. The van der Waals surface area contributed by atoms with Gasteiger partial charge in [0.2, 0.25) is 0 Å². The lowest BCUT2D eigenvalue weighted by molar-refractivity contribution is 0.629. The van der Waals surface area contributed by atoms with Gasteiger partial charge in [0.1, 0.15) is 10.8 Å². The predicted octanol–water partition coefficient (Wildman–Crippen LogP) is 3.37. The molecule has 2 aromatic heterocycles. The first-order valence-electron chi connectivity index (χ1n) is 8.34. The summed E-state index contributed by atoms with van der Waals surface area (Å²) in [6.07, 6.45) is 4.59. The zero-order valence-electron chi connectivity index (χ0n) is 14.4. The molecule has 3 rings (SSSR count). The summed E-state index contributed by atoms with van der Waals surface area (Å²) in [7, 11) is 0. The van der Waals surface area contributed by atoms with Crippen LogP contribution in [0.1, 0.15) is 22.4 Å². The second kappa shape index (κ2) is 8.11. The van der Waals surface area contributed by atoms with Gasteiger partial charge in [-0.25, -0.2) is 14.4 Å².